The van der Waals surface area contributed by atoms with E-state index in [1.807, 2.05) is 32.3 Å². The minimum absolute atomic E-state index is 0. The molecule has 1 heterocycles. The minimum Gasteiger partial charge on any atom is -0.357 e. The lowest BCUT2D eigenvalue weighted by atomic mass is 10.2. The average molecular weight is 493 g/mol. The van der Waals surface area contributed by atoms with Crippen molar-refractivity contribution < 1.29 is 0 Å². The zero-order valence-electron chi connectivity index (χ0n) is 13.5. The number of aryl methyl sites for hydroxylation is 1. The van der Waals surface area contributed by atoms with Crippen molar-refractivity contribution in [2.24, 2.45) is 12.0 Å². The predicted octanol–water partition coefficient (Wildman–Crippen LogP) is 2.79. The molecule has 0 amide bonds. The van der Waals surface area contributed by atoms with Crippen LogP contribution in [-0.2, 0) is 20.1 Å². The van der Waals surface area contributed by atoms with E-state index in [-0.39, 0.29) is 24.0 Å². The van der Waals surface area contributed by atoms with Gasteiger partial charge in [-0.3, -0.25) is 4.68 Å². The molecule has 1 N–H and O–H groups in total. The van der Waals surface area contributed by atoms with Gasteiger partial charge in [0.25, 0.3) is 0 Å². The Balaban J connectivity index is 0.00000264. The second-order valence-corrected chi connectivity index (χ2v) is 5.77. The molecule has 0 aliphatic heterocycles. The first-order valence-corrected chi connectivity index (χ1v) is 7.96. The first-order valence-electron chi connectivity index (χ1n) is 7.17. The molecule has 1 aromatic carbocycles. The molecule has 0 bridgehead atoms. The Bertz CT molecular complexity index is 642. The summed E-state index contributed by atoms with van der Waals surface area (Å²) in [5, 5.41) is 7.37. The Labute approximate surface area is 162 Å². The monoisotopic (exact) mass is 492 g/mol. The number of rotatable bonds is 5. The van der Waals surface area contributed by atoms with Gasteiger partial charge in [-0.15, -0.1) is 24.0 Å². The molecule has 0 saturated heterocycles. The van der Waals surface area contributed by atoms with Crippen molar-refractivity contribution in [1.29, 1.82) is 0 Å². The average Bonchev–Trinajstić information content (AvgIpc) is 2.91. The zero-order valence-corrected chi connectivity index (χ0v) is 17.4. The van der Waals surface area contributed by atoms with E-state index in [0.717, 1.165) is 29.3 Å². The van der Waals surface area contributed by atoms with Crippen molar-refractivity contribution in [1.82, 2.24) is 25.0 Å². The second kappa shape index (κ2) is 9.86. The lowest BCUT2D eigenvalue weighted by Crippen LogP contribution is -2.38. The van der Waals surface area contributed by atoms with Gasteiger partial charge in [0.05, 0.1) is 0 Å². The first kappa shape index (κ1) is 19.9. The van der Waals surface area contributed by atoms with Crippen molar-refractivity contribution in [2.75, 3.05) is 13.6 Å². The third-order valence-corrected chi connectivity index (χ3v) is 4.01. The minimum atomic E-state index is 0. The van der Waals surface area contributed by atoms with Crippen LogP contribution in [0.1, 0.15) is 18.3 Å². The number of benzene rings is 1. The van der Waals surface area contributed by atoms with Crippen molar-refractivity contribution in [2.45, 2.75) is 20.0 Å². The summed E-state index contributed by atoms with van der Waals surface area (Å²) < 4.78 is 2.84. The Morgan fingerprint density at radius 2 is 2.13 bits per heavy atom. The number of halogens is 2. The van der Waals surface area contributed by atoms with E-state index < -0.39 is 0 Å². The summed E-state index contributed by atoms with van der Waals surface area (Å²) in [5.74, 6) is 1.69. The van der Waals surface area contributed by atoms with Gasteiger partial charge in [0, 0.05) is 31.7 Å². The third-order valence-electron chi connectivity index (χ3n) is 3.24. The summed E-state index contributed by atoms with van der Waals surface area (Å²) in [7, 11) is 3.90. The summed E-state index contributed by atoms with van der Waals surface area (Å²) in [6, 6.07) is 8.21. The van der Waals surface area contributed by atoms with E-state index in [1.165, 1.54) is 5.56 Å². The maximum Gasteiger partial charge on any atom is 0.194 e. The highest BCUT2D eigenvalue weighted by atomic mass is 127. The van der Waals surface area contributed by atoms with Crippen molar-refractivity contribution in [3.63, 3.8) is 0 Å². The van der Waals surface area contributed by atoms with Gasteiger partial charge < -0.3 is 10.2 Å². The summed E-state index contributed by atoms with van der Waals surface area (Å²) in [4.78, 5) is 10.9. The van der Waals surface area contributed by atoms with Crippen LogP contribution in [-0.4, -0.2) is 39.2 Å². The lowest BCUT2D eigenvalue weighted by molar-refractivity contribution is 0.475. The van der Waals surface area contributed by atoms with Crippen LogP contribution in [0, 0.1) is 0 Å². The number of aromatic nitrogens is 3. The molecule has 23 heavy (non-hydrogen) atoms. The molecule has 0 spiro atoms. The van der Waals surface area contributed by atoms with Crippen molar-refractivity contribution in [3.05, 3.63) is 46.5 Å². The number of nitrogens with one attached hydrogen (secondary N) is 1. The van der Waals surface area contributed by atoms with Crippen LogP contribution in [0.4, 0.5) is 0 Å². The molecule has 0 saturated carbocycles. The lowest BCUT2D eigenvalue weighted by Gasteiger charge is -2.22. The quantitative estimate of drug-likeness (QED) is 0.396. The first-order chi connectivity index (χ1) is 10.6. The Kier molecular flexibility index (Phi) is 8.53. The molecule has 0 atom stereocenters. The Morgan fingerprint density at radius 1 is 1.39 bits per heavy atom. The highest BCUT2D eigenvalue weighted by molar-refractivity contribution is 14.0. The molecule has 0 aliphatic rings. The molecule has 8 heteroatoms. The van der Waals surface area contributed by atoms with Gasteiger partial charge in [-0.05, 0) is 18.6 Å². The fourth-order valence-electron chi connectivity index (χ4n) is 2.04. The van der Waals surface area contributed by atoms with Crippen LogP contribution in [0.2, 0.25) is 0 Å². The van der Waals surface area contributed by atoms with E-state index >= 15 is 0 Å². The zero-order chi connectivity index (χ0) is 15.9. The summed E-state index contributed by atoms with van der Waals surface area (Å²) in [5.41, 5.74) is 1.22. The van der Waals surface area contributed by atoms with E-state index in [0.29, 0.717) is 6.54 Å². The number of guanidine groups is 1. The highest BCUT2D eigenvalue weighted by Crippen LogP contribution is 2.17. The predicted molar refractivity (Wildman–Crippen MR) is 107 cm³/mol. The number of aliphatic imine (C=N–C) groups is 1. The summed E-state index contributed by atoms with van der Waals surface area (Å²) in [6.07, 6.45) is 1.54. The maximum atomic E-state index is 4.64. The van der Waals surface area contributed by atoms with Crippen LogP contribution in [0.25, 0.3) is 0 Å². The molecule has 0 aliphatic carbocycles. The third kappa shape index (κ3) is 5.76. The van der Waals surface area contributed by atoms with Gasteiger partial charge in [0.15, 0.2) is 5.96 Å². The normalized spacial score (nSPS) is 11.0. The fraction of sp³-hybridized carbons (Fsp3) is 0.400. The number of hydrogen-bond donors (Lipinski definition) is 1. The Morgan fingerprint density at radius 3 is 2.74 bits per heavy atom. The molecule has 0 radical (unpaired) electrons. The van der Waals surface area contributed by atoms with Gasteiger partial charge in [0.2, 0.25) is 0 Å². The van der Waals surface area contributed by atoms with E-state index in [2.05, 4.69) is 54.2 Å². The topological polar surface area (TPSA) is 58.3 Å². The van der Waals surface area contributed by atoms with Crippen molar-refractivity contribution >= 4 is 45.9 Å². The van der Waals surface area contributed by atoms with Gasteiger partial charge in [-0.2, -0.15) is 5.10 Å². The molecule has 6 nitrogen and oxygen atoms in total. The standard InChI is InChI=1S/C15H21BrN6.HI/c1-4-17-15(18-9-14-19-11-20-22(14)3)21(2)10-12-7-5-6-8-13(12)16;/h5-8,11H,4,9-10H2,1-3H3,(H,17,18);1H. The van der Waals surface area contributed by atoms with Crippen LogP contribution in [0.5, 0.6) is 0 Å². The number of nitrogens with zero attached hydrogens (tertiary/aromatic N) is 5. The molecule has 0 fully saturated rings. The van der Waals surface area contributed by atoms with Crippen molar-refractivity contribution in [3.8, 4) is 0 Å². The Hall–Kier alpha value is -1.16. The molecule has 0 unspecified atom stereocenters. The van der Waals surface area contributed by atoms with Crippen LogP contribution in [0.3, 0.4) is 0 Å². The summed E-state index contributed by atoms with van der Waals surface area (Å²) in [6.45, 7) is 4.15. The molecule has 1 aromatic heterocycles. The molecule has 126 valence electrons. The molecule has 2 aromatic rings. The molecule has 2 rings (SSSR count). The van der Waals surface area contributed by atoms with E-state index in [9.17, 15) is 0 Å². The van der Waals surface area contributed by atoms with E-state index in [4.69, 9.17) is 0 Å². The highest BCUT2D eigenvalue weighted by Gasteiger charge is 2.09. The van der Waals surface area contributed by atoms with Gasteiger partial charge in [0.1, 0.15) is 18.7 Å². The molecular formula is C15H22BrIN6. The fourth-order valence-corrected chi connectivity index (χ4v) is 2.45. The maximum absolute atomic E-state index is 4.64. The van der Waals surface area contributed by atoms with Gasteiger partial charge in [-0.1, -0.05) is 34.1 Å². The largest absolute Gasteiger partial charge is 0.357 e. The second-order valence-electron chi connectivity index (χ2n) is 4.92. The number of hydrogen-bond acceptors (Lipinski definition) is 3. The SMILES string of the molecule is CCNC(=NCc1ncnn1C)N(C)Cc1ccccc1Br.I. The smallest absolute Gasteiger partial charge is 0.194 e. The van der Waals surface area contributed by atoms with Crippen LogP contribution in [0.15, 0.2) is 40.1 Å². The summed E-state index contributed by atoms with van der Waals surface area (Å²) >= 11 is 3.58. The van der Waals surface area contributed by atoms with Gasteiger partial charge in [-0.25, -0.2) is 9.98 Å². The van der Waals surface area contributed by atoms with E-state index in [1.54, 1.807) is 11.0 Å². The molecular weight excluding hydrogens is 471 g/mol. The van der Waals surface area contributed by atoms with Crippen LogP contribution < -0.4 is 5.32 Å². The van der Waals surface area contributed by atoms with Gasteiger partial charge >= 0.3 is 0 Å². The van der Waals surface area contributed by atoms with Crippen LogP contribution >= 0.6 is 39.9 Å².